The molecule has 0 aliphatic carbocycles. The van der Waals surface area contributed by atoms with E-state index in [9.17, 15) is 15.0 Å². The molecule has 0 heterocycles. The van der Waals surface area contributed by atoms with Gasteiger partial charge < -0.3 is 20.4 Å². The molecule has 88 valence electrons. The number of hydrogen-bond donors (Lipinski definition) is 4. The summed E-state index contributed by atoms with van der Waals surface area (Å²) in [7, 11) is 0. The number of aromatic carboxylic acids is 1. The predicted octanol–water partition coefficient (Wildman–Crippen LogP) is 0.425. The zero-order chi connectivity index (χ0) is 12.3. The molecule has 0 fully saturated rings. The van der Waals surface area contributed by atoms with Gasteiger partial charge in [0.25, 0.3) is 0 Å². The van der Waals surface area contributed by atoms with Crippen molar-refractivity contribution in [2.75, 3.05) is 6.61 Å². The second-order valence-electron chi connectivity index (χ2n) is 3.24. The maximum absolute atomic E-state index is 10.7. The standard InChI is InChI=1S/C10H11ClO5/c11-7-2-1-5(10(15)16)3-6(7)9(14)8(13)4-12/h1-3,8-9,12-14H,4H2,(H,15,16). The molecular formula is C10H11ClO5. The van der Waals surface area contributed by atoms with Gasteiger partial charge in [-0.05, 0) is 18.2 Å². The van der Waals surface area contributed by atoms with Crippen molar-refractivity contribution in [1.82, 2.24) is 0 Å². The summed E-state index contributed by atoms with van der Waals surface area (Å²) in [5.41, 5.74) is 0.0201. The molecule has 0 amide bonds. The lowest BCUT2D eigenvalue weighted by molar-refractivity contribution is -0.0152. The van der Waals surface area contributed by atoms with Gasteiger partial charge in [0.05, 0.1) is 12.2 Å². The number of halogens is 1. The summed E-state index contributed by atoms with van der Waals surface area (Å²) in [6.07, 6.45) is -2.82. The zero-order valence-corrected chi connectivity index (χ0v) is 8.92. The van der Waals surface area contributed by atoms with Gasteiger partial charge in [-0.1, -0.05) is 11.6 Å². The Bertz CT molecular complexity index is 393. The number of aliphatic hydroxyl groups is 3. The van der Waals surface area contributed by atoms with Gasteiger partial charge in [-0.25, -0.2) is 4.79 Å². The topological polar surface area (TPSA) is 98.0 Å². The second-order valence-corrected chi connectivity index (χ2v) is 3.64. The Labute approximate surface area is 96.5 Å². The largest absolute Gasteiger partial charge is 0.478 e. The maximum Gasteiger partial charge on any atom is 0.335 e. The van der Waals surface area contributed by atoms with Crippen LogP contribution >= 0.6 is 11.6 Å². The van der Waals surface area contributed by atoms with Crippen molar-refractivity contribution in [2.45, 2.75) is 12.2 Å². The molecule has 0 saturated heterocycles. The monoisotopic (exact) mass is 246 g/mol. The van der Waals surface area contributed by atoms with Crippen LogP contribution in [0.4, 0.5) is 0 Å². The molecule has 0 bridgehead atoms. The third kappa shape index (κ3) is 2.70. The van der Waals surface area contributed by atoms with Crippen molar-refractivity contribution in [3.8, 4) is 0 Å². The fraction of sp³-hybridized carbons (Fsp3) is 0.300. The van der Waals surface area contributed by atoms with Crippen LogP contribution in [0.2, 0.25) is 5.02 Å². The first-order chi connectivity index (χ1) is 7.47. The zero-order valence-electron chi connectivity index (χ0n) is 8.17. The van der Waals surface area contributed by atoms with E-state index in [0.717, 1.165) is 6.07 Å². The van der Waals surface area contributed by atoms with Crippen LogP contribution in [0.15, 0.2) is 18.2 Å². The lowest BCUT2D eigenvalue weighted by Crippen LogP contribution is -2.22. The molecule has 0 aromatic heterocycles. The van der Waals surface area contributed by atoms with E-state index in [1.165, 1.54) is 12.1 Å². The Morgan fingerprint density at radius 2 is 2.00 bits per heavy atom. The quantitative estimate of drug-likeness (QED) is 0.617. The van der Waals surface area contributed by atoms with E-state index in [4.69, 9.17) is 21.8 Å². The van der Waals surface area contributed by atoms with Crippen LogP contribution in [0.25, 0.3) is 0 Å². The first kappa shape index (κ1) is 12.9. The van der Waals surface area contributed by atoms with Crippen LogP contribution < -0.4 is 0 Å². The molecule has 16 heavy (non-hydrogen) atoms. The molecule has 4 N–H and O–H groups in total. The first-order valence-electron chi connectivity index (χ1n) is 4.47. The number of hydrogen-bond acceptors (Lipinski definition) is 4. The van der Waals surface area contributed by atoms with E-state index < -0.39 is 24.8 Å². The first-order valence-corrected chi connectivity index (χ1v) is 4.85. The van der Waals surface area contributed by atoms with Gasteiger partial charge >= 0.3 is 5.97 Å². The molecule has 0 aliphatic rings. The average Bonchev–Trinajstić information content (AvgIpc) is 2.27. The number of carboxylic acid groups (broad SMARTS) is 1. The lowest BCUT2D eigenvalue weighted by atomic mass is 10.0. The second kappa shape index (κ2) is 5.27. The van der Waals surface area contributed by atoms with E-state index in [1.807, 2.05) is 0 Å². The SMILES string of the molecule is O=C(O)c1ccc(Cl)c(C(O)C(O)CO)c1. The van der Waals surface area contributed by atoms with Gasteiger partial charge in [-0.2, -0.15) is 0 Å². The van der Waals surface area contributed by atoms with Crippen molar-refractivity contribution in [1.29, 1.82) is 0 Å². The summed E-state index contributed by atoms with van der Waals surface area (Å²) >= 11 is 5.75. The molecule has 1 rings (SSSR count). The molecule has 6 heteroatoms. The number of aliphatic hydroxyl groups excluding tert-OH is 3. The van der Waals surface area contributed by atoms with Gasteiger partial charge in [-0.3, -0.25) is 0 Å². The van der Waals surface area contributed by atoms with Gasteiger partial charge in [0.1, 0.15) is 12.2 Å². The number of benzene rings is 1. The molecule has 5 nitrogen and oxygen atoms in total. The Balaban J connectivity index is 3.11. The van der Waals surface area contributed by atoms with Crippen molar-refractivity contribution in [3.63, 3.8) is 0 Å². The number of carbonyl (C=O) groups is 1. The highest BCUT2D eigenvalue weighted by atomic mass is 35.5. The van der Waals surface area contributed by atoms with Crippen LogP contribution in [0.1, 0.15) is 22.0 Å². The number of carboxylic acids is 1. The van der Waals surface area contributed by atoms with Crippen LogP contribution in [0.3, 0.4) is 0 Å². The van der Waals surface area contributed by atoms with Crippen molar-refractivity contribution >= 4 is 17.6 Å². The highest BCUT2D eigenvalue weighted by Crippen LogP contribution is 2.26. The van der Waals surface area contributed by atoms with E-state index in [2.05, 4.69) is 0 Å². The summed E-state index contributed by atoms with van der Waals surface area (Å²) in [4.78, 5) is 10.7. The minimum Gasteiger partial charge on any atom is -0.478 e. The fourth-order valence-corrected chi connectivity index (χ4v) is 1.44. The van der Waals surface area contributed by atoms with E-state index in [0.29, 0.717) is 0 Å². The Kier molecular flexibility index (Phi) is 4.26. The minimum atomic E-state index is -1.42. The summed E-state index contributed by atoms with van der Waals surface area (Å²) in [6, 6.07) is 3.76. The van der Waals surface area contributed by atoms with Crippen LogP contribution in [-0.4, -0.2) is 39.1 Å². The number of rotatable bonds is 4. The smallest absolute Gasteiger partial charge is 0.335 e. The molecule has 2 atom stereocenters. The van der Waals surface area contributed by atoms with E-state index in [-0.39, 0.29) is 16.1 Å². The Morgan fingerprint density at radius 1 is 1.38 bits per heavy atom. The van der Waals surface area contributed by atoms with Crippen molar-refractivity contribution in [3.05, 3.63) is 34.3 Å². The molecule has 0 radical (unpaired) electrons. The highest BCUT2D eigenvalue weighted by molar-refractivity contribution is 6.31. The molecular weight excluding hydrogens is 236 g/mol. The molecule has 1 aromatic rings. The Morgan fingerprint density at radius 3 is 2.50 bits per heavy atom. The van der Waals surface area contributed by atoms with Gasteiger partial charge in [0, 0.05) is 10.6 Å². The van der Waals surface area contributed by atoms with E-state index >= 15 is 0 Å². The maximum atomic E-state index is 10.7. The fourth-order valence-electron chi connectivity index (χ4n) is 1.21. The van der Waals surface area contributed by atoms with Gasteiger partial charge in [0.15, 0.2) is 0 Å². The molecule has 0 spiro atoms. The third-order valence-electron chi connectivity index (χ3n) is 2.11. The Hall–Kier alpha value is -1.14. The van der Waals surface area contributed by atoms with Gasteiger partial charge in [0.2, 0.25) is 0 Å². The molecule has 1 aromatic carbocycles. The highest BCUT2D eigenvalue weighted by Gasteiger charge is 2.21. The van der Waals surface area contributed by atoms with Crippen LogP contribution in [0, 0.1) is 0 Å². The van der Waals surface area contributed by atoms with Crippen LogP contribution in [0.5, 0.6) is 0 Å². The summed E-state index contributed by atoms with van der Waals surface area (Å²) in [5.74, 6) is -1.16. The van der Waals surface area contributed by atoms with Crippen molar-refractivity contribution in [2.24, 2.45) is 0 Å². The summed E-state index contributed by atoms with van der Waals surface area (Å²) in [5, 5.41) is 36.4. The summed E-state index contributed by atoms with van der Waals surface area (Å²) < 4.78 is 0. The minimum absolute atomic E-state index is 0.0522. The average molecular weight is 247 g/mol. The molecule has 2 unspecified atom stereocenters. The lowest BCUT2D eigenvalue weighted by Gasteiger charge is -2.17. The van der Waals surface area contributed by atoms with Crippen LogP contribution in [-0.2, 0) is 0 Å². The normalized spacial score (nSPS) is 14.5. The van der Waals surface area contributed by atoms with E-state index in [1.54, 1.807) is 0 Å². The molecule has 0 aliphatic heterocycles. The summed E-state index contributed by atoms with van der Waals surface area (Å²) in [6.45, 7) is -0.644. The predicted molar refractivity (Wildman–Crippen MR) is 56.5 cm³/mol. The van der Waals surface area contributed by atoms with Crippen molar-refractivity contribution < 1.29 is 25.2 Å². The third-order valence-corrected chi connectivity index (χ3v) is 2.46. The molecule has 0 saturated carbocycles. The van der Waals surface area contributed by atoms with Gasteiger partial charge in [-0.15, -0.1) is 0 Å².